The molecule has 0 saturated heterocycles. The van der Waals surface area contributed by atoms with E-state index in [2.05, 4.69) is 34.5 Å². The Morgan fingerprint density at radius 3 is 2.46 bits per heavy atom. The molecule has 4 rings (SSSR count). The van der Waals surface area contributed by atoms with Crippen LogP contribution in [0.3, 0.4) is 0 Å². The van der Waals surface area contributed by atoms with Crippen molar-refractivity contribution >= 4 is 17.6 Å². The van der Waals surface area contributed by atoms with Gasteiger partial charge in [0.25, 0.3) is 0 Å². The fraction of sp³-hybridized carbons (Fsp3) is 0.407. The number of hydrogen-bond acceptors (Lipinski definition) is 6. The molecule has 2 aliphatic heterocycles. The fourth-order valence-electron chi connectivity index (χ4n) is 4.68. The maximum absolute atomic E-state index is 9.55. The quantitative estimate of drug-likeness (QED) is 0.517. The van der Waals surface area contributed by atoms with Crippen LogP contribution < -0.4 is 15.0 Å². The Morgan fingerprint density at radius 1 is 1.03 bits per heavy atom. The fourth-order valence-corrected chi connectivity index (χ4v) is 4.68. The van der Waals surface area contributed by atoms with Gasteiger partial charge in [0.15, 0.2) is 0 Å². The van der Waals surface area contributed by atoms with E-state index >= 15 is 0 Å². The molecule has 2 aliphatic rings. The van der Waals surface area contributed by atoms with Gasteiger partial charge in [-0.05, 0) is 73.2 Å². The molecular formula is C27H34N2O6. The van der Waals surface area contributed by atoms with E-state index in [1.54, 1.807) is 14.2 Å². The predicted octanol–water partition coefficient (Wildman–Crippen LogP) is 3.16. The number of rotatable bonds is 7. The van der Waals surface area contributed by atoms with Crippen LogP contribution in [0.1, 0.15) is 23.1 Å². The van der Waals surface area contributed by atoms with Gasteiger partial charge in [-0.1, -0.05) is 18.2 Å². The summed E-state index contributed by atoms with van der Waals surface area (Å²) in [5.74, 6) is -1.59. The normalized spacial score (nSPS) is 14.9. The van der Waals surface area contributed by atoms with E-state index < -0.39 is 11.9 Å². The summed E-state index contributed by atoms with van der Waals surface area (Å²) in [5, 5.41) is 19.2. The van der Waals surface area contributed by atoms with Gasteiger partial charge in [0.2, 0.25) is 0 Å². The lowest BCUT2D eigenvalue weighted by Gasteiger charge is -2.35. The molecule has 0 fully saturated rings. The van der Waals surface area contributed by atoms with Crippen molar-refractivity contribution in [2.45, 2.75) is 25.7 Å². The van der Waals surface area contributed by atoms with Gasteiger partial charge in [-0.25, -0.2) is 9.59 Å². The van der Waals surface area contributed by atoms with E-state index in [1.807, 2.05) is 6.07 Å². The molecule has 0 atom stereocenters. The monoisotopic (exact) mass is 482 g/mol. The Morgan fingerprint density at radius 2 is 1.77 bits per heavy atom. The molecular weight excluding hydrogens is 448 g/mol. The van der Waals surface area contributed by atoms with Gasteiger partial charge < -0.3 is 29.9 Å². The van der Waals surface area contributed by atoms with Gasteiger partial charge >= 0.3 is 11.9 Å². The van der Waals surface area contributed by atoms with Crippen molar-refractivity contribution in [3.05, 3.63) is 59.2 Å². The first kappa shape index (κ1) is 26.2. The SMILES string of the molecule is COCCN1CCCc2cc3c(c(-c4cccc(OC)c4)c21)CCNCC3.O=C(O)/C=C/C(=O)O. The molecule has 0 saturated carbocycles. The number of aryl methyl sites for hydroxylation is 1. The average Bonchev–Trinajstić information content (AvgIpc) is 3.10. The van der Waals surface area contributed by atoms with Gasteiger partial charge in [0, 0.05) is 43.6 Å². The first-order valence-electron chi connectivity index (χ1n) is 11.8. The Kier molecular flexibility index (Phi) is 9.69. The molecule has 0 unspecified atom stereocenters. The number of ether oxygens (including phenoxy) is 2. The summed E-state index contributed by atoms with van der Waals surface area (Å²) >= 11 is 0. The second-order valence-corrected chi connectivity index (χ2v) is 8.47. The smallest absolute Gasteiger partial charge is 0.328 e. The zero-order chi connectivity index (χ0) is 25.2. The Hall–Kier alpha value is -3.36. The number of benzene rings is 2. The third kappa shape index (κ3) is 7.07. The molecule has 0 aliphatic carbocycles. The molecule has 0 bridgehead atoms. The van der Waals surface area contributed by atoms with Gasteiger partial charge in [0.05, 0.1) is 13.7 Å². The van der Waals surface area contributed by atoms with Crippen LogP contribution in [0.2, 0.25) is 0 Å². The summed E-state index contributed by atoms with van der Waals surface area (Å²) in [5.41, 5.74) is 8.64. The molecule has 0 spiro atoms. The zero-order valence-corrected chi connectivity index (χ0v) is 20.4. The molecule has 0 aromatic heterocycles. The number of carboxylic acids is 2. The van der Waals surface area contributed by atoms with Crippen molar-refractivity contribution in [3.8, 4) is 16.9 Å². The first-order chi connectivity index (χ1) is 16.9. The molecule has 2 aromatic carbocycles. The maximum atomic E-state index is 9.55. The van der Waals surface area contributed by atoms with E-state index in [4.69, 9.17) is 19.7 Å². The molecule has 0 radical (unpaired) electrons. The minimum atomic E-state index is -1.26. The van der Waals surface area contributed by atoms with Crippen molar-refractivity contribution in [1.82, 2.24) is 5.32 Å². The lowest BCUT2D eigenvalue weighted by atomic mass is 9.85. The Bertz CT molecular complexity index is 1050. The number of hydrogen-bond donors (Lipinski definition) is 3. The molecule has 0 amide bonds. The van der Waals surface area contributed by atoms with Crippen LogP contribution in [-0.4, -0.2) is 69.2 Å². The number of anilines is 1. The topological polar surface area (TPSA) is 108 Å². The van der Waals surface area contributed by atoms with Crippen molar-refractivity contribution in [2.24, 2.45) is 0 Å². The summed E-state index contributed by atoms with van der Waals surface area (Å²) in [7, 11) is 3.53. The molecule has 35 heavy (non-hydrogen) atoms. The van der Waals surface area contributed by atoms with E-state index in [1.165, 1.54) is 39.9 Å². The predicted molar refractivity (Wildman–Crippen MR) is 136 cm³/mol. The van der Waals surface area contributed by atoms with E-state index in [-0.39, 0.29) is 0 Å². The minimum Gasteiger partial charge on any atom is -0.497 e. The van der Waals surface area contributed by atoms with Crippen LogP contribution in [-0.2, 0) is 33.6 Å². The molecule has 8 heteroatoms. The second kappa shape index (κ2) is 12.9. The molecule has 2 heterocycles. The molecule has 3 N–H and O–H groups in total. The van der Waals surface area contributed by atoms with Crippen molar-refractivity contribution in [3.63, 3.8) is 0 Å². The highest BCUT2D eigenvalue weighted by Crippen LogP contribution is 2.43. The summed E-state index contributed by atoms with van der Waals surface area (Å²) in [4.78, 5) is 21.6. The van der Waals surface area contributed by atoms with Crippen LogP contribution in [0.5, 0.6) is 5.75 Å². The standard InChI is InChI=1S/C23H30N2O2.C4H4O4/c1-26-14-13-25-12-4-6-19-15-17-8-10-24-11-9-21(17)22(23(19)25)18-5-3-7-20(16-18)27-2;5-3(6)1-2-4(7)8/h3,5,7,15-16,24H,4,6,8-14H2,1-2H3;1-2H,(H,5,6)(H,7,8)/b;2-1+. The van der Waals surface area contributed by atoms with Crippen molar-refractivity contribution < 1.29 is 29.3 Å². The van der Waals surface area contributed by atoms with Crippen molar-refractivity contribution in [1.29, 1.82) is 0 Å². The lowest BCUT2D eigenvalue weighted by Crippen LogP contribution is -2.33. The highest BCUT2D eigenvalue weighted by Gasteiger charge is 2.26. The summed E-state index contributed by atoms with van der Waals surface area (Å²) in [6, 6.07) is 11.1. The maximum Gasteiger partial charge on any atom is 0.328 e. The summed E-state index contributed by atoms with van der Waals surface area (Å²) in [6.45, 7) is 4.91. The zero-order valence-electron chi connectivity index (χ0n) is 20.4. The average molecular weight is 483 g/mol. The van der Waals surface area contributed by atoms with Gasteiger partial charge in [0.1, 0.15) is 5.75 Å². The number of aliphatic carboxylic acids is 2. The number of carboxylic acid groups (broad SMARTS) is 2. The van der Waals surface area contributed by atoms with Crippen molar-refractivity contribution in [2.75, 3.05) is 51.9 Å². The van der Waals surface area contributed by atoms with Gasteiger partial charge in [-0.15, -0.1) is 0 Å². The molecule has 2 aromatic rings. The second-order valence-electron chi connectivity index (χ2n) is 8.47. The van der Waals surface area contributed by atoms with Crippen LogP contribution >= 0.6 is 0 Å². The highest BCUT2D eigenvalue weighted by molar-refractivity contribution is 5.89. The van der Waals surface area contributed by atoms with Crippen LogP contribution in [0.4, 0.5) is 5.69 Å². The molecule has 188 valence electrons. The highest BCUT2D eigenvalue weighted by atomic mass is 16.5. The largest absolute Gasteiger partial charge is 0.497 e. The Balaban J connectivity index is 0.000000371. The van der Waals surface area contributed by atoms with E-state index in [0.717, 1.165) is 57.8 Å². The summed E-state index contributed by atoms with van der Waals surface area (Å²) < 4.78 is 10.9. The van der Waals surface area contributed by atoms with Crippen LogP contribution in [0.15, 0.2) is 42.5 Å². The van der Waals surface area contributed by atoms with Gasteiger partial charge in [-0.3, -0.25) is 0 Å². The van der Waals surface area contributed by atoms with E-state index in [9.17, 15) is 9.59 Å². The third-order valence-corrected chi connectivity index (χ3v) is 6.18. The van der Waals surface area contributed by atoms with E-state index in [0.29, 0.717) is 12.2 Å². The number of carbonyl (C=O) groups is 2. The number of nitrogens with zero attached hydrogens (tertiary/aromatic N) is 1. The van der Waals surface area contributed by atoms with Crippen LogP contribution in [0, 0.1) is 0 Å². The number of methoxy groups -OCH3 is 2. The van der Waals surface area contributed by atoms with Crippen LogP contribution in [0.25, 0.3) is 11.1 Å². The summed E-state index contributed by atoms with van der Waals surface area (Å²) in [6.07, 6.45) is 5.68. The van der Waals surface area contributed by atoms with Gasteiger partial charge in [-0.2, -0.15) is 0 Å². The third-order valence-electron chi connectivity index (χ3n) is 6.18. The first-order valence-corrected chi connectivity index (χ1v) is 11.8. The number of fused-ring (bicyclic) bond motifs is 2. The molecule has 8 nitrogen and oxygen atoms in total. The minimum absolute atomic E-state index is 0.558. The number of nitrogens with one attached hydrogen (secondary N) is 1. The Labute approximate surface area is 206 Å². The lowest BCUT2D eigenvalue weighted by molar-refractivity contribution is -0.134.